The van der Waals surface area contributed by atoms with Gasteiger partial charge < -0.3 is 9.64 Å². The van der Waals surface area contributed by atoms with Crippen molar-refractivity contribution in [2.45, 2.75) is 12.8 Å². The summed E-state index contributed by atoms with van der Waals surface area (Å²) in [5.74, 6) is -0.505. The standard InChI is InChI=1S/C15H17N3O3/c1-21-15(20)11-3-2-6-18(9-11)14(19)10-4-5-13-12(7-10)8-16-17-13/h4-5,7-8,11H,2-3,6,9H2,1H3,(H,16,17). The van der Waals surface area contributed by atoms with Gasteiger partial charge in [-0.2, -0.15) is 5.10 Å². The molecule has 1 atom stereocenters. The molecule has 0 bridgehead atoms. The molecule has 6 heteroatoms. The van der Waals surface area contributed by atoms with Crippen molar-refractivity contribution in [2.24, 2.45) is 5.92 Å². The van der Waals surface area contributed by atoms with Crippen molar-refractivity contribution in [3.8, 4) is 0 Å². The Morgan fingerprint density at radius 2 is 2.29 bits per heavy atom. The lowest BCUT2D eigenvalue weighted by atomic mass is 9.97. The molecule has 110 valence electrons. The van der Waals surface area contributed by atoms with Gasteiger partial charge in [-0.15, -0.1) is 0 Å². The van der Waals surface area contributed by atoms with E-state index in [9.17, 15) is 9.59 Å². The summed E-state index contributed by atoms with van der Waals surface area (Å²) in [6, 6.07) is 5.45. The number of carbonyl (C=O) groups excluding carboxylic acids is 2. The molecule has 1 amide bonds. The van der Waals surface area contributed by atoms with Gasteiger partial charge >= 0.3 is 5.97 Å². The van der Waals surface area contributed by atoms with Crippen molar-refractivity contribution < 1.29 is 14.3 Å². The lowest BCUT2D eigenvalue weighted by Crippen LogP contribution is -2.42. The first-order chi connectivity index (χ1) is 10.2. The van der Waals surface area contributed by atoms with Crippen molar-refractivity contribution in [3.63, 3.8) is 0 Å². The summed E-state index contributed by atoms with van der Waals surface area (Å²) in [7, 11) is 1.38. The number of nitrogens with one attached hydrogen (secondary N) is 1. The number of carbonyl (C=O) groups is 2. The van der Waals surface area contributed by atoms with Gasteiger partial charge in [-0.1, -0.05) is 0 Å². The van der Waals surface area contributed by atoms with Gasteiger partial charge in [0.25, 0.3) is 5.91 Å². The van der Waals surface area contributed by atoms with E-state index in [0.29, 0.717) is 18.7 Å². The second kappa shape index (κ2) is 5.55. The topological polar surface area (TPSA) is 75.3 Å². The SMILES string of the molecule is COC(=O)C1CCCN(C(=O)c2ccc3[nH]ncc3c2)C1. The number of fused-ring (bicyclic) bond motifs is 1. The van der Waals surface area contributed by atoms with E-state index in [0.717, 1.165) is 23.7 Å². The Balaban J connectivity index is 1.78. The van der Waals surface area contributed by atoms with Gasteiger partial charge in [0.1, 0.15) is 0 Å². The van der Waals surface area contributed by atoms with Crippen LogP contribution in [0.2, 0.25) is 0 Å². The number of H-pyrrole nitrogens is 1. The molecule has 1 aliphatic rings. The smallest absolute Gasteiger partial charge is 0.310 e. The number of piperidine rings is 1. The Morgan fingerprint density at radius 3 is 3.10 bits per heavy atom. The van der Waals surface area contributed by atoms with Gasteiger partial charge in [0.2, 0.25) is 0 Å². The van der Waals surface area contributed by atoms with Crippen LogP contribution in [0.3, 0.4) is 0 Å². The summed E-state index contributed by atoms with van der Waals surface area (Å²) in [6.07, 6.45) is 3.29. The highest BCUT2D eigenvalue weighted by Gasteiger charge is 2.29. The van der Waals surface area contributed by atoms with Gasteiger partial charge in [-0.05, 0) is 31.0 Å². The molecule has 1 aromatic carbocycles. The number of hydrogen-bond acceptors (Lipinski definition) is 4. The molecule has 21 heavy (non-hydrogen) atoms. The molecule has 1 fully saturated rings. The van der Waals surface area contributed by atoms with Crippen LogP contribution in [0.25, 0.3) is 10.9 Å². The fourth-order valence-corrected chi connectivity index (χ4v) is 2.78. The number of ether oxygens (including phenoxy) is 1. The van der Waals surface area contributed by atoms with Crippen molar-refractivity contribution in [1.82, 2.24) is 15.1 Å². The molecule has 0 spiro atoms. The zero-order chi connectivity index (χ0) is 14.8. The van der Waals surface area contributed by atoms with Crippen LogP contribution in [0, 0.1) is 5.92 Å². The van der Waals surface area contributed by atoms with Gasteiger partial charge in [-0.25, -0.2) is 0 Å². The predicted octanol–water partition coefficient (Wildman–Crippen LogP) is 1.59. The highest BCUT2D eigenvalue weighted by Crippen LogP contribution is 2.21. The van der Waals surface area contributed by atoms with E-state index in [1.165, 1.54) is 7.11 Å². The fourth-order valence-electron chi connectivity index (χ4n) is 2.78. The minimum atomic E-state index is -0.238. The normalized spacial score (nSPS) is 18.7. The molecule has 0 saturated carbocycles. The minimum absolute atomic E-state index is 0.0493. The first-order valence-corrected chi connectivity index (χ1v) is 6.99. The van der Waals surface area contributed by atoms with Gasteiger partial charge in [0, 0.05) is 24.0 Å². The van der Waals surface area contributed by atoms with Crippen LogP contribution in [-0.4, -0.2) is 47.2 Å². The molecule has 1 N–H and O–H groups in total. The third-order valence-corrected chi connectivity index (χ3v) is 3.93. The zero-order valence-corrected chi connectivity index (χ0v) is 11.8. The maximum Gasteiger partial charge on any atom is 0.310 e. The third kappa shape index (κ3) is 2.61. The Labute approximate surface area is 122 Å². The van der Waals surface area contributed by atoms with E-state index in [2.05, 4.69) is 10.2 Å². The number of benzene rings is 1. The fraction of sp³-hybridized carbons (Fsp3) is 0.400. The zero-order valence-electron chi connectivity index (χ0n) is 11.8. The van der Waals surface area contributed by atoms with Crippen molar-refractivity contribution in [2.75, 3.05) is 20.2 Å². The third-order valence-electron chi connectivity index (χ3n) is 3.93. The average Bonchev–Trinajstić information content (AvgIpc) is 3.01. The Kier molecular flexibility index (Phi) is 3.60. The number of hydrogen-bond donors (Lipinski definition) is 1. The summed E-state index contributed by atoms with van der Waals surface area (Å²) in [4.78, 5) is 25.9. The molecule has 6 nitrogen and oxygen atoms in total. The summed E-state index contributed by atoms with van der Waals surface area (Å²) in [5, 5.41) is 7.71. The monoisotopic (exact) mass is 287 g/mol. The number of esters is 1. The van der Waals surface area contributed by atoms with E-state index in [1.54, 1.807) is 17.2 Å². The molecule has 1 saturated heterocycles. The van der Waals surface area contributed by atoms with Gasteiger partial charge in [0.15, 0.2) is 0 Å². The number of likely N-dealkylation sites (tertiary alicyclic amines) is 1. The first-order valence-electron chi connectivity index (χ1n) is 6.99. The average molecular weight is 287 g/mol. The second-order valence-corrected chi connectivity index (χ2v) is 5.29. The number of rotatable bonds is 2. The molecule has 0 aliphatic carbocycles. The van der Waals surface area contributed by atoms with Crippen LogP contribution >= 0.6 is 0 Å². The van der Waals surface area contributed by atoms with E-state index >= 15 is 0 Å². The van der Waals surface area contributed by atoms with E-state index in [-0.39, 0.29) is 17.8 Å². The van der Waals surface area contributed by atoms with Crippen molar-refractivity contribution >= 4 is 22.8 Å². The van der Waals surface area contributed by atoms with E-state index < -0.39 is 0 Å². The molecule has 3 rings (SSSR count). The maximum atomic E-state index is 12.6. The number of aromatic amines is 1. The van der Waals surface area contributed by atoms with Crippen LogP contribution in [0.15, 0.2) is 24.4 Å². The van der Waals surface area contributed by atoms with E-state index in [1.807, 2.05) is 12.1 Å². The molecule has 1 aromatic heterocycles. The number of methoxy groups -OCH3 is 1. The quantitative estimate of drug-likeness (QED) is 0.851. The molecule has 0 radical (unpaired) electrons. The van der Waals surface area contributed by atoms with Crippen LogP contribution in [0.4, 0.5) is 0 Å². The molecule has 2 heterocycles. The Bertz CT molecular complexity index is 680. The summed E-state index contributed by atoms with van der Waals surface area (Å²) < 4.78 is 4.78. The predicted molar refractivity (Wildman–Crippen MR) is 76.7 cm³/mol. The lowest BCUT2D eigenvalue weighted by Gasteiger charge is -2.31. The van der Waals surface area contributed by atoms with Crippen molar-refractivity contribution in [1.29, 1.82) is 0 Å². The second-order valence-electron chi connectivity index (χ2n) is 5.29. The Hall–Kier alpha value is -2.37. The van der Waals surface area contributed by atoms with Crippen LogP contribution in [0.1, 0.15) is 23.2 Å². The lowest BCUT2D eigenvalue weighted by molar-refractivity contribution is -0.146. The highest BCUT2D eigenvalue weighted by atomic mass is 16.5. The van der Waals surface area contributed by atoms with E-state index in [4.69, 9.17) is 4.74 Å². The molecule has 1 unspecified atom stereocenters. The summed E-state index contributed by atoms with van der Waals surface area (Å²) in [6.45, 7) is 1.10. The molecular formula is C15H17N3O3. The molecule has 1 aliphatic heterocycles. The number of nitrogens with zero attached hydrogens (tertiary/aromatic N) is 2. The van der Waals surface area contributed by atoms with Crippen molar-refractivity contribution in [3.05, 3.63) is 30.0 Å². The summed E-state index contributed by atoms with van der Waals surface area (Å²) >= 11 is 0. The number of aromatic nitrogens is 2. The van der Waals surface area contributed by atoms with Gasteiger partial charge in [-0.3, -0.25) is 14.7 Å². The molecule has 2 aromatic rings. The Morgan fingerprint density at radius 1 is 1.43 bits per heavy atom. The van der Waals surface area contributed by atoms with Gasteiger partial charge in [0.05, 0.1) is 24.7 Å². The molecular weight excluding hydrogens is 270 g/mol. The highest BCUT2D eigenvalue weighted by molar-refractivity contribution is 5.98. The largest absolute Gasteiger partial charge is 0.469 e. The van der Waals surface area contributed by atoms with Crippen LogP contribution in [0.5, 0.6) is 0 Å². The number of amides is 1. The van der Waals surface area contributed by atoms with Crippen LogP contribution < -0.4 is 0 Å². The minimum Gasteiger partial charge on any atom is -0.469 e. The van der Waals surface area contributed by atoms with Crippen LogP contribution in [-0.2, 0) is 9.53 Å². The summed E-state index contributed by atoms with van der Waals surface area (Å²) in [5.41, 5.74) is 1.52. The first kappa shape index (κ1) is 13.6. The maximum absolute atomic E-state index is 12.6.